The van der Waals surface area contributed by atoms with Crippen LogP contribution >= 0.6 is 24.0 Å². The van der Waals surface area contributed by atoms with E-state index >= 15 is 0 Å². The number of halogens is 1. The predicted molar refractivity (Wildman–Crippen MR) is 116 cm³/mol. The summed E-state index contributed by atoms with van der Waals surface area (Å²) in [4.78, 5) is 8.96. The molecule has 2 saturated heterocycles. The largest absolute Gasteiger partial charge is 0.356 e. The lowest BCUT2D eigenvalue weighted by Crippen LogP contribution is -2.57. The van der Waals surface area contributed by atoms with Crippen LogP contribution in [-0.2, 0) is 9.84 Å². The van der Waals surface area contributed by atoms with Crippen molar-refractivity contribution >= 4 is 39.8 Å². The Morgan fingerprint density at radius 3 is 2.40 bits per heavy atom. The molecule has 0 aromatic carbocycles. The zero-order valence-corrected chi connectivity index (χ0v) is 19.3. The van der Waals surface area contributed by atoms with E-state index in [2.05, 4.69) is 27.0 Å². The number of sulfone groups is 1. The summed E-state index contributed by atoms with van der Waals surface area (Å²) in [7, 11) is -1.23. The molecule has 0 atom stereocenters. The highest BCUT2D eigenvalue weighted by Crippen LogP contribution is 2.24. The van der Waals surface area contributed by atoms with E-state index in [4.69, 9.17) is 0 Å². The lowest BCUT2D eigenvalue weighted by Gasteiger charge is -2.39. The Morgan fingerprint density at radius 2 is 1.88 bits per heavy atom. The van der Waals surface area contributed by atoms with Crippen LogP contribution in [0.25, 0.3) is 0 Å². The third-order valence-electron chi connectivity index (χ3n) is 5.54. The first kappa shape index (κ1) is 23.0. The topological polar surface area (TPSA) is 65.0 Å². The number of aliphatic imine (C=N–C) groups is 1. The number of rotatable bonds is 4. The second-order valence-electron chi connectivity index (χ2n) is 7.64. The van der Waals surface area contributed by atoms with E-state index in [1.54, 1.807) is 7.05 Å². The Hall–Kier alpha value is -0.0900. The summed E-state index contributed by atoms with van der Waals surface area (Å²) in [6.07, 6.45) is 3.72. The van der Waals surface area contributed by atoms with Crippen molar-refractivity contribution in [1.82, 2.24) is 15.1 Å². The molecule has 2 fully saturated rings. The Balaban J connectivity index is 0.00000312. The second-order valence-corrected chi connectivity index (χ2v) is 10.4. The number of hydrogen-bond acceptors (Lipinski definition) is 4. The van der Waals surface area contributed by atoms with Crippen molar-refractivity contribution in [2.45, 2.75) is 44.8 Å². The number of nitrogens with zero attached hydrogens (tertiary/aromatic N) is 3. The summed E-state index contributed by atoms with van der Waals surface area (Å²) in [5.41, 5.74) is 0. The Kier molecular flexibility index (Phi) is 8.93. The van der Waals surface area contributed by atoms with Crippen LogP contribution in [0.2, 0.25) is 0 Å². The summed E-state index contributed by atoms with van der Waals surface area (Å²) in [6, 6.07) is 0. The van der Waals surface area contributed by atoms with Gasteiger partial charge in [-0.15, -0.1) is 24.0 Å². The molecule has 0 aromatic heterocycles. The van der Waals surface area contributed by atoms with Gasteiger partial charge in [0.15, 0.2) is 15.8 Å². The van der Waals surface area contributed by atoms with Crippen LogP contribution in [0.3, 0.4) is 0 Å². The maximum absolute atomic E-state index is 12.1. The minimum absolute atomic E-state index is 0. The van der Waals surface area contributed by atoms with Crippen molar-refractivity contribution in [1.29, 1.82) is 0 Å². The van der Waals surface area contributed by atoms with Crippen molar-refractivity contribution in [2.75, 3.05) is 52.1 Å². The second kappa shape index (κ2) is 9.73. The van der Waals surface area contributed by atoms with E-state index in [1.807, 2.05) is 13.8 Å². The van der Waals surface area contributed by atoms with E-state index < -0.39 is 14.6 Å². The van der Waals surface area contributed by atoms with Crippen LogP contribution in [0, 0.1) is 5.92 Å². The minimum atomic E-state index is -3.01. The molecule has 148 valence electrons. The number of guanidine groups is 1. The van der Waals surface area contributed by atoms with Gasteiger partial charge in [-0.2, -0.15) is 0 Å². The normalized spacial score (nSPS) is 24.6. The number of likely N-dealkylation sites (tertiary alicyclic amines) is 1. The summed E-state index contributed by atoms with van der Waals surface area (Å²) >= 11 is 0. The van der Waals surface area contributed by atoms with Crippen molar-refractivity contribution in [3.63, 3.8) is 0 Å². The highest BCUT2D eigenvalue weighted by Gasteiger charge is 2.40. The van der Waals surface area contributed by atoms with Crippen LogP contribution in [0.4, 0.5) is 0 Å². The molecular weight excluding hydrogens is 451 g/mol. The average molecular weight is 486 g/mol. The van der Waals surface area contributed by atoms with Gasteiger partial charge in [-0.1, -0.05) is 6.92 Å². The van der Waals surface area contributed by atoms with Crippen LogP contribution in [0.5, 0.6) is 0 Å². The van der Waals surface area contributed by atoms with Gasteiger partial charge in [0.25, 0.3) is 0 Å². The zero-order valence-electron chi connectivity index (χ0n) is 16.1. The van der Waals surface area contributed by atoms with Gasteiger partial charge < -0.3 is 15.1 Å². The van der Waals surface area contributed by atoms with E-state index in [1.165, 1.54) is 25.9 Å². The molecule has 0 aromatic rings. The lowest BCUT2D eigenvalue weighted by molar-refractivity contribution is 0.187. The van der Waals surface area contributed by atoms with Crippen LogP contribution < -0.4 is 5.32 Å². The molecule has 0 aliphatic carbocycles. The Labute approximate surface area is 170 Å². The third kappa shape index (κ3) is 5.95. The molecule has 2 rings (SSSR count). The molecular formula is C17H35IN4O2S. The molecule has 0 bridgehead atoms. The number of hydrogen-bond donors (Lipinski definition) is 1. The first-order valence-electron chi connectivity index (χ1n) is 9.19. The third-order valence-corrected chi connectivity index (χ3v) is 8.08. The van der Waals surface area contributed by atoms with Crippen molar-refractivity contribution in [3.05, 3.63) is 0 Å². The van der Waals surface area contributed by atoms with Gasteiger partial charge in [-0.25, -0.2) is 8.42 Å². The molecule has 25 heavy (non-hydrogen) atoms. The van der Waals surface area contributed by atoms with Crippen molar-refractivity contribution in [3.8, 4) is 0 Å². The van der Waals surface area contributed by atoms with Crippen molar-refractivity contribution < 1.29 is 8.42 Å². The summed E-state index contributed by atoms with van der Waals surface area (Å²) < 4.78 is 23.6. The SMILES string of the molecule is CCN1CCC(CCNC(=NC)N2CCS(=O)(=O)C(C)(C)C2)CC1.I. The number of piperidine rings is 1. The van der Waals surface area contributed by atoms with Gasteiger partial charge in [0.05, 0.1) is 10.5 Å². The molecule has 0 saturated carbocycles. The Bertz CT molecular complexity index is 543. The molecule has 0 unspecified atom stereocenters. The molecule has 0 spiro atoms. The maximum atomic E-state index is 12.1. The van der Waals surface area contributed by atoms with Gasteiger partial charge >= 0.3 is 0 Å². The molecule has 2 heterocycles. The summed E-state index contributed by atoms with van der Waals surface area (Å²) in [5, 5.41) is 3.44. The minimum Gasteiger partial charge on any atom is -0.356 e. The van der Waals surface area contributed by atoms with E-state index in [0.29, 0.717) is 13.1 Å². The fourth-order valence-corrected chi connectivity index (χ4v) is 5.00. The van der Waals surface area contributed by atoms with Gasteiger partial charge in [0.2, 0.25) is 0 Å². The van der Waals surface area contributed by atoms with Gasteiger partial charge in [0.1, 0.15) is 0 Å². The molecule has 2 aliphatic rings. The summed E-state index contributed by atoms with van der Waals surface area (Å²) in [6.45, 7) is 11.4. The molecule has 8 heteroatoms. The van der Waals surface area contributed by atoms with Crippen LogP contribution in [-0.4, -0.2) is 81.0 Å². The molecule has 6 nitrogen and oxygen atoms in total. The predicted octanol–water partition coefficient (Wildman–Crippen LogP) is 1.81. The zero-order chi connectivity index (χ0) is 17.8. The highest BCUT2D eigenvalue weighted by atomic mass is 127. The molecule has 1 N–H and O–H groups in total. The highest BCUT2D eigenvalue weighted by molar-refractivity contribution is 14.0. The standard InChI is InChI=1S/C17H34N4O2S.HI/c1-5-20-10-7-15(8-11-20)6-9-19-16(18-4)21-12-13-24(22,23)17(2,3)14-21;/h15H,5-14H2,1-4H3,(H,18,19);1H. The smallest absolute Gasteiger partial charge is 0.193 e. The molecule has 0 radical (unpaired) electrons. The first-order valence-corrected chi connectivity index (χ1v) is 10.8. The summed E-state index contributed by atoms with van der Waals surface area (Å²) in [5.74, 6) is 1.83. The fraction of sp³-hybridized carbons (Fsp3) is 0.941. The molecule has 0 amide bonds. The van der Waals surface area contributed by atoms with Gasteiger partial charge in [0, 0.05) is 26.7 Å². The van der Waals surface area contributed by atoms with Crippen LogP contribution in [0.15, 0.2) is 4.99 Å². The maximum Gasteiger partial charge on any atom is 0.193 e. The average Bonchev–Trinajstić information content (AvgIpc) is 2.55. The van der Waals surface area contributed by atoms with Gasteiger partial charge in [-0.3, -0.25) is 4.99 Å². The van der Waals surface area contributed by atoms with E-state index in [0.717, 1.165) is 31.4 Å². The fourth-order valence-electron chi connectivity index (χ4n) is 3.64. The van der Waals surface area contributed by atoms with E-state index in [9.17, 15) is 8.42 Å². The Morgan fingerprint density at radius 1 is 1.24 bits per heavy atom. The monoisotopic (exact) mass is 486 g/mol. The van der Waals surface area contributed by atoms with Crippen molar-refractivity contribution in [2.24, 2.45) is 10.9 Å². The molecule has 2 aliphatic heterocycles. The quantitative estimate of drug-likeness (QED) is 0.373. The van der Waals surface area contributed by atoms with Gasteiger partial charge in [-0.05, 0) is 58.7 Å². The van der Waals surface area contributed by atoms with E-state index in [-0.39, 0.29) is 29.7 Å². The number of nitrogens with one attached hydrogen (secondary N) is 1. The van der Waals surface area contributed by atoms with Crippen LogP contribution in [0.1, 0.15) is 40.0 Å². The lowest BCUT2D eigenvalue weighted by atomic mass is 9.93. The first-order chi connectivity index (χ1) is 11.3.